The van der Waals surface area contributed by atoms with Crippen LogP contribution in [0.3, 0.4) is 0 Å². The summed E-state index contributed by atoms with van der Waals surface area (Å²) >= 11 is 0. The van der Waals surface area contributed by atoms with Crippen LogP contribution in [0.4, 0.5) is 0 Å². The van der Waals surface area contributed by atoms with E-state index in [1.807, 2.05) is 6.92 Å². The van der Waals surface area contributed by atoms with Gasteiger partial charge in [0.05, 0.1) is 0 Å². The first-order valence-corrected chi connectivity index (χ1v) is 7.30. The molecular formula is C14H27N3O2. The molecule has 0 bridgehead atoms. The third-order valence-corrected chi connectivity index (χ3v) is 4.36. The Labute approximate surface area is 115 Å². The molecule has 19 heavy (non-hydrogen) atoms. The molecule has 0 aromatic rings. The number of hydrogen-bond acceptors (Lipinski definition) is 4. The Morgan fingerprint density at radius 3 is 2.68 bits per heavy atom. The maximum atomic E-state index is 11.6. The molecule has 1 saturated carbocycles. The normalized spacial score (nSPS) is 28.3. The van der Waals surface area contributed by atoms with Crippen LogP contribution in [0.15, 0.2) is 0 Å². The number of nitrogens with one attached hydrogen (secondary N) is 1. The summed E-state index contributed by atoms with van der Waals surface area (Å²) in [6.07, 6.45) is 4.59. The van der Waals surface area contributed by atoms with Gasteiger partial charge in [0.15, 0.2) is 0 Å². The van der Waals surface area contributed by atoms with Crippen molar-refractivity contribution in [1.29, 1.82) is 0 Å². The zero-order valence-corrected chi connectivity index (χ0v) is 12.4. The second kappa shape index (κ2) is 5.77. The summed E-state index contributed by atoms with van der Waals surface area (Å²) in [6.45, 7) is 4.57. The van der Waals surface area contributed by atoms with Crippen LogP contribution >= 0.6 is 0 Å². The summed E-state index contributed by atoms with van der Waals surface area (Å²) in [5.74, 6) is -0.740. The fraction of sp³-hybridized carbons (Fsp3) is 0.929. The van der Waals surface area contributed by atoms with Gasteiger partial charge in [0.1, 0.15) is 5.54 Å². The van der Waals surface area contributed by atoms with Gasteiger partial charge in [0.2, 0.25) is 0 Å². The lowest BCUT2D eigenvalue weighted by atomic mass is 9.98. The molecule has 2 unspecified atom stereocenters. The van der Waals surface area contributed by atoms with Gasteiger partial charge in [0, 0.05) is 25.2 Å². The Morgan fingerprint density at radius 1 is 1.47 bits per heavy atom. The van der Waals surface area contributed by atoms with Crippen molar-refractivity contribution in [3.05, 3.63) is 0 Å². The van der Waals surface area contributed by atoms with Crippen molar-refractivity contribution in [1.82, 2.24) is 15.1 Å². The van der Waals surface area contributed by atoms with Crippen LogP contribution in [0.5, 0.6) is 0 Å². The predicted molar refractivity (Wildman–Crippen MR) is 75.3 cm³/mol. The number of nitrogens with zero attached hydrogens (tertiary/aromatic N) is 2. The van der Waals surface area contributed by atoms with Crippen molar-refractivity contribution in [2.75, 3.05) is 33.7 Å². The van der Waals surface area contributed by atoms with Gasteiger partial charge in [-0.1, -0.05) is 0 Å². The van der Waals surface area contributed by atoms with Crippen molar-refractivity contribution >= 4 is 5.97 Å². The first-order valence-electron chi connectivity index (χ1n) is 7.30. The Morgan fingerprint density at radius 2 is 2.16 bits per heavy atom. The van der Waals surface area contributed by atoms with Gasteiger partial charge in [-0.05, 0) is 53.2 Å². The first kappa shape index (κ1) is 14.8. The molecule has 0 aromatic carbocycles. The average molecular weight is 269 g/mol. The predicted octanol–water partition coefficient (Wildman–Crippen LogP) is 0.608. The van der Waals surface area contributed by atoms with E-state index in [4.69, 9.17) is 0 Å². The molecule has 2 fully saturated rings. The molecule has 1 heterocycles. The lowest BCUT2D eigenvalue weighted by Gasteiger charge is -2.39. The summed E-state index contributed by atoms with van der Waals surface area (Å²) < 4.78 is 0. The average Bonchev–Trinajstić information content (AvgIpc) is 3.12. The Hall–Kier alpha value is -0.650. The molecular weight excluding hydrogens is 242 g/mol. The third kappa shape index (κ3) is 3.91. The largest absolute Gasteiger partial charge is 0.480 e. The van der Waals surface area contributed by atoms with Crippen LogP contribution in [0.25, 0.3) is 0 Å². The summed E-state index contributed by atoms with van der Waals surface area (Å²) in [5.41, 5.74) is -0.827. The zero-order valence-electron chi connectivity index (χ0n) is 12.4. The van der Waals surface area contributed by atoms with E-state index in [1.54, 1.807) is 0 Å². The van der Waals surface area contributed by atoms with Crippen molar-refractivity contribution < 1.29 is 9.90 Å². The zero-order chi connectivity index (χ0) is 14.0. The summed E-state index contributed by atoms with van der Waals surface area (Å²) in [5, 5.41) is 12.8. The van der Waals surface area contributed by atoms with Crippen molar-refractivity contribution in [3.63, 3.8) is 0 Å². The minimum absolute atomic E-state index is 0.406. The van der Waals surface area contributed by atoms with Crippen LogP contribution in [0.1, 0.15) is 32.6 Å². The first-order chi connectivity index (χ1) is 8.90. The lowest BCUT2D eigenvalue weighted by Crippen LogP contribution is -2.59. The molecule has 0 radical (unpaired) electrons. The highest BCUT2D eigenvalue weighted by atomic mass is 16.4. The van der Waals surface area contributed by atoms with E-state index in [0.717, 1.165) is 25.9 Å². The van der Waals surface area contributed by atoms with Gasteiger partial charge in [-0.3, -0.25) is 15.0 Å². The Bertz CT molecular complexity index is 333. The fourth-order valence-corrected chi connectivity index (χ4v) is 2.98. The summed E-state index contributed by atoms with van der Waals surface area (Å²) in [4.78, 5) is 16.1. The maximum Gasteiger partial charge on any atom is 0.324 e. The molecule has 1 aliphatic heterocycles. The highest BCUT2D eigenvalue weighted by Crippen LogP contribution is 2.24. The summed E-state index contributed by atoms with van der Waals surface area (Å²) in [7, 11) is 4.19. The molecule has 2 atom stereocenters. The minimum atomic E-state index is -0.827. The number of likely N-dealkylation sites (tertiary alicyclic amines) is 1. The summed E-state index contributed by atoms with van der Waals surface area (Å²) in [6, 6.07) is 0.877. The van der Waals surface area contributed by atoms with Crippen molar-refractivity contribution in [2.45, 2.75) is 50.2 Å². The number of aliphatic carboxylic acids is 1. The monoisotopic (exact) mass is 269 g/mol. The lowest BCUT2D eigenvalue weighted by molar-refractivity contribution is -0.145. The van der Waals surface area contributed by atoms with Gasteiger partial charge < -0.3 is 10.0 Å². The number of hydrogen-bond donors (Lipinski definition) is 2. The molecule has 110 valence electrons. The molecule has 1 aliphatic carbocycles. The van der Waals surface area contributed by atoms with E-state index in [0.29, 0.717) is 18.6 Å². The molecule has 5 heteroatoms. The van der Waals surface area contributed by atoms with E-state index < -0.39 is 11.5 Å². The Balaban J connectivity index is 1.93. The second-order valence-electron chi connectivity index (χ2n) is 6.53. The minimum Gasteiger partial charge on any atom is -0.480 e. The van der Waals surface area contributed by atoms with Gasteiger partial charge >= 0.3 is 5.97 Å². The van der Waals surface area contributed by atoms with Gasteiger partial charge in [-0.15, -0.1) is 0 Å². The van der Waals surface area contributed by atoms with Crippen LogP contribution in [-0.4, -0.2) is 72.2 Å². The molecule has 0 amide bonds. The number of carboxylic acid groups (broad SMARTS) is 1. The number of piperidine rings is 1. The molecule has 0 spiro atoms. The molecule has 2 N–H and O–H groups in total. The van der Waals surface area contributed by atoms with Gasteiger partial charge in [-0.25, -0.2) is 0 Å². The van der Waals surface area contributed by atoms with Gasteiger partial charge in [-0.2, -0.15) is 0 Å². The molecule has 2 aliphatic rings. The topological polar surface area (TPSA) is 55.8 Å². The van der Waals surface area contributed by atoms with E-state index >= 15 is 0 Å². The molecule has 0 aromatic heterocycles. The van der Waals surface area contributed by atoms with Gasteiger partial charge in [0.25, 0.3) is 0 Å². The highest BCUT2D eigenvalue weighted by molar-refractivity contribution is 5.78. The highest BCUT2D eigenvalue weighted by Gasteiger charge is 2.40. The Kier molecular flexibility index (Phi) is 4.48. The van der Waals surface area contributed by atoms with E-state index in [1.165, 1.54) is 12.8 Å². The fourth-order valence-electron chi connectivity index (χ4n) is 2.98. The molecule has 5 nitrogen and oxygen atoms in total. The standard InChI is InChI=1S/C14H27N3O2/c1-14(13(18)19,15-11-6-7-11)10-17(3)12-5-4-8-16(2)9-12/h11-12,15H,4-10H2,1-3H3,(H,18,19). The third-order valence-electron chi connectivity index (χ3n) is 4.36. The van der Waals surface area contributed by atoms with E-state index in [2.05, 4.69) is 29.2 Å². The number of carbonyl (C=O) groups is 1. The SMILES string of the molecule is CN1CCCC(N(C)CC(C)(NC2CC2)C(=O)O)C1. The van der Waals surface area contributed by atoms with Crippen LogP contribution < -0.4 is 5.32 Å². The number of carboxylic acids is 1. The smallest absolute Gasteiger partial charge is 0.324 e. The number of rotatable bonds is 6. The van der Waals surface area contributed by atoms with Crippen LogP contribution in [0.2, 0.25) is 0 Å². The van der Waals surface area contributed by atoms with Crippen molar-refractivity contribution in [2.24, 2.45) is 0 Å². The van der Waals surface area contributed by atoms with Crippen LogP contribution in [-0.2, 0) is 4.79 Å². The number of likely N-dealkylation sites (N-methyl/N-ethyl adjacent to an activating group) is 2. The molecule has 2 rings (SSSR count). The van der Waals surface area contributed by atoms with Crippen molar-refractivity contribution in [3.8, 4) is 0 Å². The quantitative estimate of drug-likeness (QED) is 0.740. The molecule has 1 saturated heterocycles. The van der Waals surface area contributed by atoms with E-state index in [-0.39, 0.29) is 0 Å². The second-order valence-corrected chi connectivity index (χ2v) is 6.53. The maximum absolute atomic E-state index is 11.6. The van der Waals surface area contributed by atoms with Crippen LogP contribution in [0, 0.1) is 0 Å². The van der Waals surface area contributed by atoms with E-state index in [9.17, 15) is 9.90 Å².